The summed E-state index contributed by atoms with van der Waals surface area (Å²) in [4.78, 5) is 15.5. The predicted octanol–water partition coefficient (Wildman–Crippen LogP) is 3.99. The fourth-order valence-corrected chi connectivity index (χ4v) is 4.23. The molecule has 5 nitrogen and oxygen atoms in total. The number of hydrogen-bond donors (Lipinski definition) is 0. The number of aromatic nitrogens is 1. The molecule has 0 aromatic carbocycles. The van der Waals surface area contributed by atoms with E-state index in [1.54, 1.807) is 11.8 Å². The maximum Gasteiger partial charge on any atom is 0.303 e. The Bertz CT molecular complexity index is 619. The maximum absolute atomic E-state index is 14.0. The first-order chi connectivity index (χ1) is 12.1. The average Bonchev–Trinajstić information content (AvgIpc) is 3.34. The number of likely N-dealkylation sites (tertiary alicyclic amines) is 1. The van der Waals surface area contributed by atoms with Gasteiger partial charge >= 0.3 is 5.91 Å². The summed E-state index contributed by atoms with van der Waals surface area (Å²) in [7, 11) is 0. The van der Waals surface area contributed by atoms with Gasteiger partial charge in [-0.1, -0.05) is 29.1 Å². The molecule has 0 radical (unpaired) electrons. The fraction of sp³-hybridized carbons (Fsp3) is 0.667. The van der Waals surface area contributed by atoms with Crippen LogP contribution in [0.4, 0.5) is 4.48 Å². The average molecular weight is 367 g/mol. The minimum Gasteiger partial charge on any atom is -0.355 e. The molecule has 0 saturated carbocycles. The Morgan fingerprint density at radius 2 is 2.36 bits per heavy atom. The van der Waals surface area contributed by atoms with Crippen LogP contribution in [0.3, 0.4) is 0 Å². The van der Waals surface area contributed by atoms with E-state index in [-0.39, 0.29) is 17.4 Å². The van der Waals surface area contributed by atoms with Crippen molar-refractivity contribution in [3.63, 3.8) is 0 Å². The lowest BCUT2D eigenvalue weighted by molar-refractivity contribution is 0.0176. The summed E-state index contributed by atoms with van der Waals surface area (Å²) < 4.78 is 19.2. The molecule has 1 saturated heterocycles. The number of carbonyl (C=O) groups excluding carboxylic acids is 1. The Morgan fingerprint density at radius 1 is 1.48 bits per heavy atom. The van der Waals surface area contributed by atoms with Crippen LogP contribution >= 0.6 is 11.8 Å². The van der Waals surface area contributed by atoms with Crippen LogP contribution in [0.2, 0.25) is 0 Å². The lowest BCUT2D eigenvalue weighted by Gasteiger charge is -2.15. The molecule has 138 valence electrons. The van der Waals surface area contributed by atoms with Gasteiger partial charge in [-0.2, -0.15) is 5.12 Å². The summed E-state index contributed by atoms with van der Waals surface area (Å²) in [6.45, 7) is 5.82. The zero-order chi connectivity index (χ0) is 17.6. The van der Waals surface area contributed by atoms with Crippen molar-refractivity contribution in [2.24, 2.45) is 5.92 Å². The van der Waals surface area contributed by atoms with Crippen LogP contribution in [0, 0.1) is 5.92 Å². The van der Waals surface area contributed by atoms with Crippen molar-refractivity contribution in [1.82, 2.24) is 15.2 Å². The highest BCUT2D eigenvalue weighted by molar-refractivity contribution is 8.08. The first-order valence-corrected chi connectivity index (χ1v) is 10.1. The zero-order valence-electron chi connectivity index (χ0n) is 14.7. The van der Waals surface area contributed by atoms with Crippen LogP contribution in [0.5, 0.6) is 0 Å². The molecule has 1 aromatic rings. The Kier molecular flexibility index (Phi) is 6.53. The van der Waals surface area contributed by atoms with Crippen LogP contribution in [0.15, 0.2) is 16.7 Å². The lowest BCUT2D eigenvalue weighted by atomic mass is 10.2. The van der Waals surface area contributed by atoms with Gasteiger partial charge in [0.05, 0.1) is 6.54 Å². The number of carbonyl (C=O) groups is 1. The first-order valence-electron chi connectivity index (χ1n) is 9.13. The molecule has 3 rings (SSSR count). The number of unbranched alkanes of at least 4 members (excludes halogenated alkanes) is 2. The number of nitrogens with zero attached hydrogens (tertiary/aromatic N) is 3. The third-order valence-corrected chi connectivity index (χ3v) is 5.85. The van der Waals surface area contributed by atoms with E-state index in [2.05, 4.69) is 17.0 Å². The van der Waals surface area contributed by atoms with Crippen LogP contribution in [0.25, 0.3) is 4.91 Å². The van der Waals surface area contributed by atoms with Crippen molar-refractivity contribution in [3.8, 4) is 0 Å². The topological polar surface area (TPSA) is 49.6 Å². The largest absolute Gasteiger partial charge is 0.355 e. The van der Waals surface area contributed by atoms with Crippen molar-refractivity contribution in [3.05, 3.63) is 23.6 Å². The number of halogens is 1. The smallest absolute Gasteiger partial charge is 0.303 e. The summed E-state index contributed by atoms with van der Waals surface area (Å²) in [5.41, 5.74) is 0.0388. The second kappa shape index (κ2) is 8.85. The van der Waals surface area contributed by atoms with Gasteiger partial charge in [-0.15, -0.1) is 11.8 Å². The molecule has 25 heavy (non-hydrogen) atoms. The molecule has 0 bridgehead atoms. The molecule has 1 unspecified atom stereocenters. The number of rotatable bonds is 8. The normalized spacial score (nSPS) is 20.9. The van der Waals surface area contributed by atoms with E-state index in [0.29, 0.717) is 12.2 Å². The minimum atomic E-state index is -0.716. The molecule has 1 atom stereocenters. The van der Waals surface area contributed by atoms with E-state index in [0.717, 1.165) is 42.4 Å². The maximum atomic E-state index is 14.0. The third-order valence-electron chi connectivity index (χ3n) is 4.73. The van der Waals surface area contributed by atoms with Crippen LogP contribution in [-0.4, -0.2) is 53.0 Å². The lowest BCUT2D eigenvalue weighted by Crippen LogP contribution is -2.25. The molecule has 1 amide bonds. The second-order valence-electron chi connectivity index (χ2n) is 6.93. The number of thioether (sulfide) groups is 1. The Balaban J connectivity index is 1.36. The first kappa shape index (κ1) is 18.5. The van der Waals surface area contributed by atoms with E-state index >= 15 is 0 Å². The highest BCUT2D eigenvalue weighted by Crippen LogP contribution is 2.34. The van der Waals surface area contributed by atoms with Crippen LogP contribution in [-0.2, 0) is 0 Å². The number of hydrogen-bond acceptors (Lipinski definition) is 5. The van der Waals surface area contributed by atoms with Crippen molar-refractivity contribution in [1.29, 1.82) is 0 Å². The molecular formula is C18H26FN3O2S. The molecule has 3 heterocycles. The Labute approximate surface area is 152 Å². The van der Waals surface area contributed by atoms with Crippen LogP contribution < -0.4 is 0 Å². The van der Waals surface area contributed by atoms with Crippen LogP contribution in [0.1, 0.15) is 55.3 Å². The summed E-state index contributed by atoms with van der Waals surface area (Å²) in [5.74, 6) is 1.64. The standard InChI is InChI=1S/C18H26FN3O2S/c1-14-7-10-21(13-14)8-3-2-4-9-22(19)18(23)15-12-16(24-20-15)17-6-5-11-25-17/h6,12,14H,2-5,7-11,13H2,1H3. The monoisotopic (exact) mass is 367 g/mol. The van der Waals surface area contributed by atoms with Gasteiger partial charge in [-0.3, -0.25) is 4.79 Å². The van der Waals surface area contributed by atoms with Gasteiger partial charge in [-0.05, 0) is 44.7 Å². The molecule has 0 N–H and O–H groups in total. The van der Waals surface area contributed by atoms with Crippen molar-refractivity contribution in [2.75, 3.05) is 31.9 Å². The Hall–Kier alpha value is -1.34. The van der Waals surface area contributed by atoms with Gasteiger partial charge in [0, 0.05) is 23.3 Å². The van der Waals surface area contributed by atoms with Gasteiger partial charge in [0.15, 0.2) is 11.5 Å². The molecule has 1 fully saturated rings. The fourth-order valence-electron chi connectivity index (χ4n) is 3.30. The van der Waals surface area contributed by atoms with Crippen molar-refractivity contribution < 1.29 is 13.8 Å². The van der Waals surface area contributed by atoms with Gasteiger partial charge in [-0.25, -0.2) is 0 Å². The molecule has 2 aliphatic heterocycles. The molecule has 2 aliphatic rings. The summed E-state index contributed by atoms with van der Waals surface area (Å²) >= 11 is 1.66. The highest BCUT2D eigenvalue weighted by atomic mass is 32.2. The van der Waals surface area contributed by atoms with E-state index in [1.807, 2.05) is 6.08 Å². The molecule has 0 aliphatic carbocycles. The molecule has 0 spiro atoms. The predicted molar refractivity (Wildman–Crippen MR) is 97.8 cm³/mol. The van der Waals surface area contributed by atoms with Gasteiger partial charge < -0.3 is 9.42 Å². The summed E-state index contributed by atoms with van der Waals surface area (Å²) in [5, 5.41) is 3.98. The number of allylic oxidation sites excluding steroid dienone is 1. The second-order valence-corrected chi connectivity index (χ2v) is 8.06. The quantitative estimate of drug-likeness (QED) is 0.514. The molecule has 1 aromatic heterocycles. The van der Waals surface area contributed by atoms with E-state index in [9.17, 15) is 9.28 Å². The molecular weight excluding hydrogens is 341 g/mol. The SMILES string of the molecule is CC1CCN(CCCCCN(F)C(=O)c2cc(C3=CCCS3)on2)C1. The van der Waals surface area contributed by atoms with E-state index in [1.165, 1.54) is 25.6 Å². The van der Waals surface area contributed by atoms with E-state index in [4.69, 9.17) is 4.52 Å². The zero-order valence-corrected chi connectivity index (χ0v) is 15.6. The van der Waals surface area contributed by atoms with Gasteiger partial charge in [0.25, 0.3) is 0 Å². The van der Waals surface area contributed by atoms with E-state index < -0.39 is 5.91 Å². The van der Waals surface area contributed by atoms with Crippen molar-refractivity contribution >= 4 is 22.6 Å². The van der Waals surface area contributed by atoms with Gasteiger partial charge in [0.1, 0.15) is 0 Å². The highest BCUT2D eigenvalue weighted by Gasteiger charge is 2.22. The Morgan fingerprint density at radius 3 is 3.08 bits per heavy atom. The van der Waals surface area contributed by atoms with Gasteiger partial charge in [0.2, 0.25) is 0 Å². The number of amides is 1. The van der Waals surface area contributed by atoms with Crippen molar-refractivity contribution in [2.45, 2.75) is 39.0 Å². The minimum absolute atomic E-state index is 0.0388. The molecule has 7 heteroatoms. The third kappa shape index (κ3) is 5.07. The summed E-state index contributed by atoms with van der Waals surface area (Å²) in [6.07, 6.45) is 6.95. The summed E-state index contributed by atoms with van der Waals surface area (Å²) in [6, 6.07) is 1.54.